The summed E-state index contributed by atoms with van der Waals surface area (Å²) in [5.41, 5.74) is -0.669. The van der Waals surface area contributed by atoms with E-state index in [1.165, 1.54) is 0 Å². The fraction of sp³-hybridized carbons (Fsp3) is 0. The maximum atomic E-state index is 11.1. The Kier molecular flexibility index (Phi) is 5.20. The van der Waals surface area contributed by atoms with Gasteiger partial charge in [0.1, 0.15) is 17.4 Å². The van der Waals surface area contributed by atoms with Crippen molar-refractivity contribution in [3.8, 4) is 5.75 Å². The van der Waals surface area contributed by atoms with E-state index in [1.54, 1.807) is 0 Å². The van der Waals surface area contributed by atoms with E-state index in [-0.39, 0.29) is 31.9 Å². The maximum Gasteiger partial charge on any atom is 0.257 e. The van der Waals surface area contributed by atoms with Crippen molar-refractivity contribution in [3.63, 3.8) is 0 Å². The van der Waals surface area contributed by atoms with Gasteiger partial charge in [0.2, 0.25) is 0 Å². The molecule has 0 bridgehead atoms. The Hall–Kier alpha value is 0.1000. The summed E-state index contributed by atoms with van der Waals surface area (Å²) >= 11 is 32.9. The first-order chi connectivity index (χ1) is 7.82. The van der Waals surface area contributed by atoms with E-state index in [1.807, 2.05) is 0 Å². The molecule has 0 atom stereocenters. The molecule has 0 N–H and O–H groups in total. The molecule has 9 heteroatoms. The predicted molar refractivity (Wildman–Crippen MR) is 68.3 cm³/mol. The molecule has 92 valence electrons. The lowest BCUT2D eigenvalue weighted by Crippen LogP contribution is -2.02. The van der Waals surface area contributed by atoms with Crippen LogP contribution in [0.5, 0.6) is 5.75 Å². The van der Waals surface area contributed by atoms with E-state index in [4.69, 9.17) is 69.9 Å². The van der Waals surface area contributed by atoms with Crippen LogP contribution in [-0.2, 0) is 0 Å². The third-order valence-corrected chi connectivity index (χ3v) is 3.49. The van der Waals surface area contributed by atoms with Crippen LogP contribution in [0, 0.1) is 0 Å². The van der Waals surface area contributed by atoms with Gasteiger partial charge < -0.3 is 4.29 Å². The molecule has 0 unspecified atom stereocenters. The van der Waals surface area contributed by atoms with E-state index in [0.717, 1.165) is 0 Å². The number of benzene rings is 1. The molecule has 0 saturated carbocycles. The first-order valence-electron chi connectivity index (χ1n) is 3.71. The van der Waals surface area contributed by atoms with Crippen LogP contribution >= 0.6 is 69.9 Å². The molecule has 0 amide bonds. The third-order valence-electron chi connectivity index (χ3n) is 1.75. The second-order valence-electron chi connectivity index (χ2n) is 2.65. The highest BCUT2D eigenvalue weighted by atomic mass is 35.5. The Morgan fingerprint density at radius 3 is 1.59 bits per heavy atom. The van der Waals surface area contributed by atoms with Gasteiger partial charge >= 0.3 is 0 Å². The first-order valence-corrected chi connectivity index (χ1v) is 5.91. The van der Waals surface area contributed by atoms with Crippen molar-refractivity contribution in [1.29, 1.82) is 0 Å². The van der Waals surface area contributed by atoms with Crippen molar-refractivity contribution in [2.45, 2.75) is 0 Å². The molecule has 3 nitrogen and oxygen atoms in total. The summed E-state index contributed by atoms with van der Waals surface area (Å²) in [5.74, 6) is -0.383. The van der Waals surface area contributed by atoms with E-state index in [9.17, 15) is 9.59 Å². The summed E-state index contributed by atoms with van der Waals surface area (Å²) < 4.78 is 4.35. The lowest BCUT2D eigenvalue weighted by molar-refractivity contribution is 0.106. The van der Waals surface area contributed by atoms with Gasteiger partial charge in [0.25, 0.3) is 10.5 Å². The average Bonchev–Trinajstić information content (AvgIpc) is 2.22. The lowest BCUT2D eigenvalue weighted by Gasteiger charge is -2.11. The minimum atomic E-state index is -0.997. The summed E-state index contributed by atoms with van der Waals surface area (Å²) in [7, 11) is 0. The van der Waals surface area contributed by atoms with Crippen molar-refractivity contribution in [1.82, 2.24) is 0 Å². The van der Waals surface area contributed by atoms with E-state index in [2.05, 4.69) is 4.29 Å². The zero-order chi connectivity index (χ0) is 13.3. The molecule has 17 heavy (non-hydrogen) atoms. The first kappa shape index (κ1) is 15.2. The highest BCUT2D eigenvalue weighted by Gasteiger charge is 2.28. The molecular formula is C8Cl6O3. The molecule has 1 aromatic carbocycles. The summed E-state index contributed by atoms with van der Waals surface area (Å²) in [6.45, 7) is 0. The number of carbonyl (C=O) groups is 2. The molecule has 0 aliphatic rings. The standard InChI is InChI=1S/C8Cl6O3/c9-3-1(7(12)15)5(11)6(17-14)2(4(3)10)8(13)16. The fourth-order valence-corrected chi connectivity index (χ4v) is 2.67. The zero-order valence-electron chi connectivity index (χ0n) is 7.49. The van der Waals surface area contributed by atoms with Gasteiger partial charge in [0.05, 0.1) is 20.6 Å². The molecule has 0 aliphatic heterocycles. The van der Waals surface area contributed by atoms with Crippen LogP contribution in [0.1, 0.15) is 20.7 Å². The van der Waals surface area contributed by atoms with Crippen molar-refractivity contribution < 1.29 is 13.9 Å². The minimum Gasteiger partial charge on any atom is -0.383 e. The molecule has 1 rings (SSSR count). The van der Waals surface area contributed by atoms with Crippen LogP contribution in [0.3, 0.4) is 0 Å². The maximum absolute atomic E-state index is 11.1. The van der Waals surface area contributed by atoms with E-state index >= 15 is 0 Å². The molecule has 0 spiro atoms. The van der Waals surface area contributed by atoms with Gasteiger partial charge in [0.15, 0.2) is 5.75 Å². The van der Waals surface area contributed by atoms with Gasteiger partial charge in [-0.2, -0.15) is 0 Å². The number of rotatable bonds is 3. The summed E-state index contributed by atoms with van der Waals surface area (Å²) in [4.78, 5) is 22.2. The van der Waals surface area contributed by atoms with Crippen LogP contribution in [0.4, 0.5) is 0 Å². The van der Waals surface area contributed by atoms with E-state index < -0.39 is 10.5 Å². The third kappa shape index (κ3) is 2.75. The van der Waals surface area contributed by atoms with E-state index in [0.29, 0.717) is 0 Å². The summed E-state index contributed by atoms with van der Waals surface area (Å²) in [6, 6.07) is 0. The number of hydrogen-bond acceptors (Lipinski definition) is 3. The number of carbonyl (C=O) groups excluding carboxylic acids is 2. The SMILES string of the molecule is O=C(Cl)c1c(Cl)c(Cl)c(C(=O)Cl)c(OCl)c1Cl. The Morgan fingerprint density at radius 1 is 0.824 bits per heavy atom. The molecule has 0 heterocycles. The molecule has 0 saturated heterocycles. The van der Waals surface area contributed by atoms with Crippen LogP contribution < -0.4 is 4.29 Å². The van der Waals surface area contributed by atoms with Crippen molar-refractivity contribution in [2.75, 3.05) is 0 Å². The number of halogens is 6. The van der Waals surface area contributed by atoms with Crippen LogP contribution in [0.25, 0.3) is 0 Å². The number of hydrogen-bond donors (Lipinski definition) is 0. The largest absolute Gasteiger partial charge is 0.383 e. The summed E-state index contributed by atoms with van der Waals surface area (Å²) in [5, 5.41) is -2.96. The zero-order valence-corrected chi connectivity index (χ0v) is 12.0. The predicted octanol–water partition coefficient (Wildman–Crippen LogP) is 4.94. The van der Waals surface area contributed by atoms with Crippen LogP contribution in [0.2, 0.25) is 15.1 Å². The highest BCUT2D eigenvalue weighted by molar-refractivity contribution is 6.72. The molecule has 0 fully saturated rings. The molecule has 1 aromatic rings. The average molecular weight is 357 g/mol. The normalized spacial score (nSPS) is 10.2. The molecule has 0 radical (unpaired) electrons. The molecular weight excluding hydrogens is 357 g/mol. The van der Waals surface area contributed by atoms with Gasteiger partial charge in [0, 0.05) is 0 Å². The highest BCUT2D eigenvalue weighted by Crippen LogP contribution is 2.44. The smallest absolute Gasteiger partial charge is 0.257 e. The lowest BCUT2D eigenvalue weighted by atomic mass is 10.1. The quantitative estimate of drug-likeness (QED) is 0.569. The van der Waals surface area contributed by atoms with Crippen molar-refractivity contribution in [3.05, 3.63) is 26.2 Å². The Balaban J connectivity index is 3.81. The topological polar surface area (TPSA) is 43.4 Å². The monoisotopic (exact) mass is 354 g/mol. The van der Waals surface area contributed by atoms with Gasteiger partial charge in [-0.05, 0) is 23.2 Å². The molecule has 0 aliphatic carbocycles. The van der Waals surface area contributed by atoms with Crippen molar-refractivity contribution >= 4 is 80.4 Å². The van der Waals surface area contributed by atoms with Gasteiger partial charge in [-0.1, -0.05) is 34.8 Å². The fourth-order valence-electron chi connectivity index (χ4n) is 1.06. The Morgan fingerprint density at radius 2 is 1.24 bits per heavy atom. The van der Waals surface area contributed by atoms with Gasteiger partial charge in [-0.3, -0.25) is 9.59 Å². The van der Waals surface area contributed by atoms with Gasteiger partial charge in [-0.25, -0.2) is 0 Å². The minimum absolute atomic E-state index is 0.307. The Labute approximate surface area is 126 Å². The van der Waals surface area contributed by atoms with Gasteiger partial charge in [-0.15, -0.1) is 0 Å². The second kappa shape index (κ2) is 5.83. The van der Waals surface area contributed by atoms with Crippen LogP contribution in [-0.4, -0.2) is 10.5 Å². The molecule has 0 aromatic heterocycles. The summed E-state index contributed by atoms with van der Waals surface area (Å²) in [6.07, 6.45) is 0. The Bertz CT molecular complexity index is 513. The second-order valence-corrected chi connectivity index (χ2v) is 4.62. The van der Waals surface area contributed by atoms with Crippen molar-refractivity contribution in [2.24, 2.45) is 0 Å². The van der Waals surface area contributed by atoms with Crippen LogP contribution in [0.15, 0.2) is 0 Å².